The first-order valence-electron chi connectivity index (χ1n) is 18.7. The van der Waals surface area contributed by atoms with Gasteiger partial charge in [0.25, 0.3) is 0 Å². The number of nitrogens with zero attached hydrogens (tertiary/aromatic N) is 6. The highest BCUT2D eigenvalue weighted by Crippen LogP contribution is 2.45. The molecule has 2 aliphatic carbocycles. The van der Waals surface area contributed by atoms with Crippen LogP contribution < -0.4 is 9.80 Å². The molecule has 4 amide bonds. The summed E-state index contributed by atoms with van der Waals surface area (Å²) >= 11 is 0. The molecule has 2 unspecified atom stereocenters. The van der Waals surface area contributed by atoms with Gasteiger partial charge < -0.3 is 9.80 Å². The van der Waals surface area contributed by atoms with Gasteiger partial charge >= 0.3 is 18.2 Å². The van der Waals surface area contributed by atoms with Gasteiger partial charge in [0.15, 0.2) is 5.69 Å². The van der Waals surface area contributed by atoms with E-state index in [4.69, 9.17) is 11.8 Å². The summed E-state index contributed by atoms with van der Waals surface area (Å²) in [6, 6.07) is 31.5. The Morgan fingerprint density at radius 2 is 1.16 bits per heavy atom. The molecule has 282 valence electrons. The summed E-state index contributed by atoms with van der Waals surface area (Å²) in [6.45, 7) is 9.16. The van der Waals surface area contributed by atoms with Crippen LogP contribution in [0.5, 0.6) is 0 Å². The molecule has 2 saturated heterocycles. The number of fused-ring (bicyclic) bond motifs is 2. The maximum absolute atomic E-state index is 13.4. The van der Waals surface area contributed by atoms with Crippen LogP contribution in [-0.4, -0.2) is 60.1 Å². The number of carbonyl (C=O) groups excluding carboxylic acids is 2. The number of halogens is 3. The molecule has 2 saturated carbocycles. The monoisotopic (exact) mass is 744 g/mol. The highest BCUT2D eigenvalue weighted by molar-refractivity contribution is 5.96. The van der Waals surface area contributed by atoms with Crippen LogP contribution in [-0.2, 0) is 6.18 Å². The van der Waals surface area contributed by atoms with Gasteiger partial charge in [0.05, 0.1) is 47.9 Å². The highest BCUT2D eigenvalue weighted by Gasteiger charge is 2.49. The molecule has 55 heavy (non-hydrogen) atoms. The van der Waals surface area contributed by atoms with E-state index in [1.165, 1.54) is 22.1 Å². The fourth-order valence-electron chi connectivity index (χ4n) is 9.19. The molecule has 0 aromatic heterocycles. The summed E-state index contributed by atoms with van der Waals surface area (Å²) in [5.41, 5.74) is 3.84. The average molecular weight is 745 g/mol. The fourth-order valence-corrected chi connectivity index (χ4v) is 9.19. The van der Waals surface area contributed by atoms with Crippen molar-refractivity contribution in [2.75, 3.05) is 23.9 Å². The maximum Gasteiger partial charge on any atom is 0.417 e. The molecular weight excluding hydrogens is 702 g/mol. The number of benzene rings is 4. The van der Waals surface area contributed by atoms with Gasteiger partial charge in [0.2, 0.25) is 0 Å². The van der Waals surface area contributed by atoms with Gasteiger partial charge in [-0.2, -0.15) is 18.4 Å². The molecule has 2 aliphatic heterocycles. The molecule has 4 aliphatic rings. The summed E-state index contributed by atoms with van der Waals surface area (Å²) < 4.78 is 40.1. The van der Waals surface area contributed by atoms with E-state index in [-0.39, 0.29) is 41.9 Å². The summed E-state index contributed by atoms with van der Waals surface area (Å²) in [5.74, 6) is 0.832. The van der Waals surface area contributed by atoms with Crippen molar-refractivity contribution >= 4 is 29.1 Å². The Hall–Kier alpha value is -5.81. The van der Waals surface area contributed by atoms with Crippen LogP contribution in [0.1, 0.15) is 78.2 Å². The van der Waals surface area contributed by atoms with Crippen LogP contribution in [0.4, 0.5) is 39.8 Å². The minimum absolute atomic E-state index is 0.0635. The van der Waals surface area contributed by atoms with Crippen LogP contribution in [0, 0.1) is 24.8 Å². The zero-order chi connectivity index (χ0) is 39.0. The van der Waals surface area contributed by atoms with Crippen molar-refractivity contribution in [2.24, 2.45) is 0 Å². The zero-order valence-electron chi connectivity index (χ0n) is 31.1. The summed E-state index contributed by atoms with van der Waals surface area (Å²) in [5, 5.41) is 9.02. The number of hydrogen-bond donors (Lipinski definition) is 0. The van der Waals surface area contributed by atoms with Crippen LogP contribution in [0.3, 0.4) is 0 Å². The van der Waals surface area contributed by atoms with E-state index in [0.717, 1.165) is 55.5 Å². The predicted molar refractivity (Wildman–Crippen MR) is 206 cm³/mol. The van der Waals surface area contributed by atoms with Crippen LogP contribution in [0.25, 0.3) is 4.85 Å². The van der Waals surface area contributed by atoms with E-state index >= 15 is 0 Å². The lowest BCUT2D eigenvalue weighted by atomic mass is 9.78. The average Bonchev–Trinajstić information content (AvgIpc) is 3.61. The van der Waals surface area contributed by atoms with Gasteiger partial charge in [-0.25, -0.2) is 14.4 Å². The fraction of sp³-hybridized carbons (Fsp3) is 0.364. The van der Waals surface area contributed by atoms with Crippen LogP contribution in [0.15, 0.2) is 97.1 Å². The number of carbonyl (C=O) groups is 2. The molecule has 2 heterocycles. The molecule has 0 bridgehead atoms. The molecule has 4 aromatic carbocycles. The predicted octanol–water partition coefficient (Wildman–Crippen LogP) is 10.3. The number of rotatable bonds is 4. The van der Waals surface area contributed by atoms with Crippen molar-refractivity contribution in [1.82, 2.24) is 9.80 Å². The summed E-state index contributed by atoms with van der Waals surface area (Å²) in [7, 11) is 3.63. The van der Waals surface area contributed by atoms with E-state index in [1.54, 1.807) is 18.0 Å². The smallest absolute Gasteiger partial charge is 0.322 e. The highest BCUT2D eigenvalue weighted by atomic mass is 19.4. The molecule has 11 heteroatoms. The van der Waals surface area contributed by atoms with Crippen LogP contribution in [0.2, 0.25) is 0 Å². The molecule has 8 rings (SSSR count). The molecule has 6 atom stereocenters. The van der Waals surface area contributed by atoms with E-state index in [2.05, 4.69) is 47.3 Å². The third-order valence-electron chi connectivity index (χ3n) is 12.1. The first kappa shape index (κ1) is 37.5. The van der Waals surface area contributed by atoms with Crippen molar-refractivity contribution in [3.8, 4) is 6.07 Å². The minimum atomic E-state index is -4.65. The van der Waals surface area contributed by atoms with Gasteiger partial charge in [0.1, 0.15) is 0 Å². The second-order valence-electron chi connectivity index (χ2n) is 15.1. The Kier molecular flexibility index (Phi) is 10.3. The topological polar surface area (TPSA) is 75.2 Å². The SMILES string of the molecule is CN1C(=O)N(c2ccc(C#N)c(C(F)(F)F)c2)[C@H]2CCC(c3ccccc3)C[C@@H]21.[C-]#[N+]c1ccc(N2C(=O)N(C)[C@@H]3CC(c4ccccc4)CC[C@H]32)cc1C. The molecule has 4 fully saturated rings. The van der Waals surface area contributed by atoms with E-state index in [0.29, 0.717) is 23.9 Å². The molecule has 8 nitrogen and oxygen atoms in total. The van der Waals surface area contributed by atoms with Crippen molar-refractivity contribution in [3.05, 3.63) is 136 Å². The number of hydrogen-bond acceptors (Lipinski definition) is 3. The van der Waals surface area contributed by atoms with Crippen molar-refractivity contribution in [3.63, 3.8) is 0 Å². The number of amides is 4. The lowest BCUT2D eigenvalue weighted by molar-refractivity contribution is -0.137. The number of likely N-dealkylation sites (N-methyl/N-ethyl adjacent to an activating group) is 2. The number of urea groups is 2. The molecule has 0 spiro atoms. The first-order chi connectivity index (χ1) is 26.4. The van der Waals surface area contributed by atoms with Crippen LogP contribution >= 0.6 is 0 Å². The lowest BCUT2D eigenvalue weighted by Gasteiger charge is -2.36. The van der Waals surface area contributed by atoms with Crippen molar-refractivity contribution < 1.29 is 22.8 Å². The summed E-state index contributed by atoms with van der Waals surface area (Å²) in [4.78, 5) is 36.4. The van der Waals surface area contributed by atoms with Crippen molar-refractivity contribution in [2.45, 2.75) is 87.6 Å². The second kappa shape index (κ2) is 15.1. The Labute approximate surface area is 320 Å². The van der Waals surface area contributed by atoms with Crippen molar-refractivity contribution in [1.29, 1.82) is 5.26 Å². The van der Waals surface area contributed by atoms with E-state index < -0.39 is 17.3 Å². The van der Waals surface area contributed by atoms with Gasteiger partial charge in [-0.3, -0.25) is 9.80 Å². The Balaban J connectivity index is 0.000000170. The third-order valence-corrected chi connectivity index (χ3v) is 12.1. The first-order valence-corrected chi connectivity index (χ1v) is 18.7. The second-order valence-corrected chi connectivity index (χ2v) is 15.1. The van der Waals surface area contributed by atoms with Gasteiger partial charge in [-0.15, -0.1) is 0 Å². The van der Waals surface area contributed by atoms with Gasteiger partial charge in [-0.1, -0.05) is 66.7 Å². The minimum Gasteiger partial charge on any atom is -0.322 e. The number of aryl methyl sites for hydroxylation is 1. The normalized spacial score (nSPS) is 24.7. The van der Waals surface area contributed by atoms with Gasteiger partial charge in [-0.05, 0) is 104 Å². The molecular formula is C44H43F3N6O2. The van der Waals surface area contributed by atoms with Gasteiger partial charge in [0, 0.05) is 25.5 Å². The van der Waals surface area contributed by atoms with E-state index in [9.17, 15) is 22.8 Å². The number of nitriles is 1. The zero-order valence-corrected chi connectivity index (χ0v) is 31.1. The van der Waals surface area contributed by atoms with E-state index in [1.807, 2.05) is 60.2 Å². The Morgan fingerprint density at radius 1 is 0.691 bits per heavy atom. The number of anilines is 2. The lowest BCUT2D eigenvalue weighted by Crippen LogP contribution is -2.41. The Morgan fingerprint density at radius 3 is 1.60 bits per heavy atom. The standard InChI is InChI=1S/C22H20F3N3O.C22H23N3O/c1-27-20-11-15(14-5-3-2-4-6-14)8-10-19(20)28(21(27)29)17-9-7-16(13-26)18(12-17)22(23,24)25;1-15-13-18(10-11-19(15)23-2)25-20-12-9-17(16-7-5-4-6-8-16)14-21(20)24(3)22(25)26/h2-7,9,12,15,19-20H,8,10-11H2,1H3;4-8,10-11,13,17,20-21H,9,12,14H2,1,3H3/t15?,19-,20-;17?,20-,21-/m01/s1. The third kappa shape index (κ3) is 7.12. The Bertz CT molecular complexity index is 2150. The summed E-state index contributed by atoms with van der Waals surface area (Å²) in [6.07, 6.45) is 0.807. The molecule has 0 radical (unpaired) electrons. The maximum atomic E-state index is 13.4. The molecule has 4 aromatic rings. The molecule has 0 N–H and O–H groups in total. The quantitative estimate of drug-likeness (QED) is 0.195. The largest absolute Gasteiger partial charge is 0.417 e. The number of alkyl halides is 3.